The van der Waals surface area contributed by atoms with Crippen LogP contribution < -0.4 is 15.8 Å². The van der Waals surface area contributed by atoms with Gasteiger partial charge in [-0.3, -0.25) is 4.79 Å². The van der Waals surface area contributed by atoms with E-state index >= 15 is 0 Å². The van der Waals surface area contributed by atoms with E-state index in [1.165, 1.54) is 6.07 Å². The average molecular weight is 405 g/mol. The number of hydrogen-bond acceptors (Lipinski definition) is 6. The number of nitrogens with zero attached hydrogens (tertiary/aromatic N) is 3. The fourth-order valence-corrected chi connectivity index (χ4v) is 2.78. The number of nitrogens with two attached hydrogens (primary N) is 1. The predicted octanol–water partition coefficient (Wildman–Crippen LogP) is 1.78. The second-order valence-corrected chi connectivity index (χ2v) is 6.38. The number of amidine groups is 1. The van der Waals surface area contributed by atoms with E-state index in [0.29, 0.717) is 0 Å². The van der Waals surface area contributed by atoms with Gasteiger partial charge in [0.15, 0.2) is 6.20 Å². The summed E-state index contributed by atoms with van der Waals surface area (Å²) in [7, 11) is 0. The van der Waals surface area contributed by atoms with Crippen molar-refractivity contribution in [3.8, 4) is 6.07 Å². The number of aromatic nitrogens is 1. The Morgan fingerprint density at radius 2 is 2.14 bits per heavy atom. The van der Waals surface area contributed by atoms with E-state index in [4.69, 9.17) is 15.7 Å². The van der Waals surface area contributed by atoms with E-state index in [2.05, 4.69) is 10.3 Å². The van der Waals surface area contributed by atoms with E-state index in [1.807, 2.05) is 0 Å². The Morgan fingerprint density at radius 1 is 1.41 bits per heavy atom. The van der Waals surface area contributed by atoms with Gasteiger partial charge in [0, 0.05) is 17.3 Å². The first-order valence-electron chi connectivity index (χ1n) is 8.19. The highest BCUT2D eigenvalue weighted by molar-refractivity contribution is 6.01. The van der Waals surface area contributed by atoms with E-state index in [0.717, 1.165) is 37.4 Å². The van der Waals surface area contributed by atoms with Crippen molar-refractivity contribution < 1.29 is 27.4 Å². The predicted molar refractivity (Wildman–Crippen MR) is 94.3 cm³/mol. The first-order chi connectivity index (χ1) is 13.6. The molecule has 2 aromatic rings. The quantitative estimate of drug-likeness (QED) is 0.594. The molecule has 0 unspecified atom stereocenters. The van der Waals surface area contributed by atoms with E-state index in [9.17, 15) is 23.2 Å². The molecule has 1 aliphatic heterocycles. The van der Waals surface area contributed by atoms with Crippen molar-refractivity contribution in [2.45, 2.75) is 18.4 Å². The Hall–Kier alpha value is -3.81. The zero-order valence-electron chi connectivity index (χ0n) is 14.9. The Kier molecular flexibility index (Phi) is 4.79. The van der Waals surface area contributed by atoms with Gasteiger partial charge in [0.05, 0.1) is 0 Å². The number of aliphatic imine (C=N–C) groups is 1. The number of ether oxygens (including phenoxy) is 1. The smallest absolute Gasteiger partial charge is 0.321 e. The van der Waals surface area contributed by atoms with Crippen molar-refractivity contribution in [2.24, 2.45) is 10.7 Å². The van der Waals surface area contributed by atoms with Gasteiger partial charge in [-0.25, -0.2) is 9.38 Å². The molecule has 150 valence electrons. The second kappa shape index (κ2) is 6.97. The number of nitrogens with one attached hydrogen (secondary N) is 1. The molecule has 1 aromatic carbocycles. The van der Waals surface area contributed by atoms with Crippen molar-refractivity contribution in [3.05, 3.63) is 64.4 Å². The van der Waals surface area contributed by atoms with Crippen LogP contribution in [0.2, 0.25) is 0 Å². The van der Waals surface area contributed by atoms with Gasteiger partial charge < -0.3 is 21.0 Å². The highest BCUT2D eigenvalue weighted by Crippen LogP contribution is 2.44. The number of halogens is 3. The normalized spacial score (nSPS) is 20.2. The first kappa shape index (κ1) is 19.9. The molecule has 11 heteroatoms. The van der Waals surface area contributed by atoms with Gasteiger partial charge in [-0.05, 0) is 31.2 Å². The van der Waals surface area contributed by atoms with Crippen LogP contribution in [0.15, 0.2) is 41.5 Å². The zero-order valence-corrected chi connectivity index (χ0v) is 14.9. The van der Waals surface area contributed by atoms with Crippen LogP contribution in [0.1, 0.15) is 28.5 Å². The summed E-state index contributed by atoms with van der Waals surface area (Å²) < 4.78 is 48.5. The minimum atomic E-state index is -3.58. The van der Waals surface area contributed by atoms with Crippen LogP contribution in [-0.4, -0.2) is 24.4 Å². The molecule has 0 bridgehead atoms. The topological polar surface area (TPSA) is 127 Å². The van der Waals surface area contributed by atoms with Crippen LogP contribution in [0.3, 0.4) is 0 Å². The third-order valence-corrected chi connectivity index (χ3v) is 4.45. The molecule has 0 spiro atoms. The number of anilines is 1. The average Bonchev–Trinajstić information content (AvgIpc) is 2.66. The Bertz CT molecular complexity index is 1070. The lowest BCUT2D eigenvalue weighted by Crippen LogP contribution is -2.53. The summed E-state index contributed by atoms with van der Waals surface area (Å²) in [6.07, 6.45) is 0.907. The maximum absolute atomic E-state index is 14.5. The SMILES string of the molecule is C[C@]1(c2cc(NC(=O)c3ccc(C#N)c[n+]3[O-])ccc2F)OC(N)=NCC1(F)F. The molecular formula is C18H14F3N5O3. The number of benzene rings is 1. The molecule has 1 aliphatic rings. The number of nitriles is 1. The minimum Gasteiger partial charge on any atom is -0.618 e. The number of alkyl halides is 2. The van der Waals surface area contributed by atoms with E-state index in [-0.39, 0.29) is 21.7 Å². The van der Waals surface area contributed by atoms with E-state index in [1.54, 1.807) is 6.07 Å². The summed E-state index contributed by atoms with van der Waals surface area (Å²) in [6.45, 7) is -0.0302. The molecule has 2 heterocycles. The molecule has 3 N–H and O–H groups in total. The highest BCUT2D eigenvalue weighted by atomic mass is 19.3. The standard InChI is InChI=1S/C18H14F3N5O3/c1-17(18(20,21)9-24-16(23)29-17)12-6-11(3-4-13(12)19)25-15(27)14-5-2-10(7-22)8-26(14)28/h2-6,8H,9H2,1H3,(H2,23,24)(H,25,27)/t17-/m1/s1. The molecule has 0 saturated carbocycles. The molecule has 0 radical (unpaired) electrons. The van der Waals surface area contributed by atoms with E-state index < -0.39 is 41.4 Å². The van der Waals surface area contributed by atoms with Gasteiger partial charge in [0.1, 0.15) is 24.0 Å². The van der Waals surface area contributed by atoms with Crippen LogP contribution >= 0.6 is 0 Å². The van der Waals surface area contributed by atoms with Crippen LogP contribution in [0.25, 0.3) is 0 Å². The Morgan fingerprint density at radius 3 is 2.79 bits per heavy atom. The molecule has 29 heavy (non-hydrogen) atoms. The summed E-state index contributed by atoms with van der Waals surface area (Å²) in [6, 6.07) is 6.61. The maximum Gasteiger partial charge on any atom is 0.321 e. The third kappa shape index (κ3) is 3.52. The summed E-state index contributed by atoms with van der Waals surface area (Å²) in [5, 5.41) is 23.0. The van der Waals surface area contributed by atoms with Crippen LogP contribution in [-0.2, 0) is 10.3 Å². The monoisotopic (exact) mass is 405 g/mol. The van der Waals surface area contributed by atoms with Gasteiger partial charge in [0.2, 0.25) is 5.60 Å². The van der Waals surface area contributed by atoms with Crippen molar-refractivity contribution in [1.82, 2.24) is 0 Å². The number of hydrogen-bond donors (Lipinski definition) is 2. The zero-order chi connectivity index (χ0) is 21.4. The van der Waals surface area contributed by atoms with Gasteiger partial charge in [0.25, 0.3) is 11.7 Å². The fraction of sp³-hybridized carbons (Fsp3) is 0.222. The fourth-order valence-electron chi connectivity index (χ4n) is 2.78. The number of rotatable bonds is 3. The summed E-state index contributed by atoms with van der Waals surface area (Å²) in [5.41, 5.74) is 2.02. The van der Waals surface area contributed by atoms with Gasteiger partial charge in [-0.15, -0.1) is 0 Å². The molecule has 0 aliphatic carbocycles. The molecular weight excluding hydrogens is 391 g/mol. The van der Waals surface area contributed by atoms with Gasteiger partial charge in [-0.2, -0.15) is 18.8 Å². The van der Waals surface area contributed by atoms with Crippen LogP contribution in [0.4, 0.5) is 18.9 Å². The molecule has 8 nitrogen and oxygen atoms in total. The number of amides is 1. The lowest BCUT2D eigenvalue weighted by atomic mass is 9.87. The van der Waals surface area contributed by atoms with Gasteiger partial charge >= 0.3 is 11.8 Å². The maximum atomic E-state index is 14.5. The van der Waals surface area contributed by atoms with Crippen molar-refractivity contribution in [1.29, 1.82) is 5.26 Å². The minimum absolute atomic E-state index is 0.0458. The van der Waals surface area contributed by atoms with Crippen LogP contribution in [0.5, 0.6) is 0 Å². The largest absolute Gasteiger partial charge is 0.618 e. The van der Waals surface area contributed by atoms with Crippen molar-refractivity contribution in [3.63, 3.8) is 0 Å². The lowest BCUT2D eigenvalue weighted by molar-refractivity contribution is -0.607. The highest BCUT2D eigenvalue weighted by Gasteiger charge is 2.57. The second-order valence-electron chi connectivity index (χ2n) is 6.38. The summed E-state index contributed by atoms with van der Waals surface area (Å²) >= 11 is 0. The third-order valence-electron chi connectivity index (χ3n) is 4.45. The van der Waals surface area contributed by atoms with Crippen molar-refractivity contribution >= 4 is 17.6 Å². The number of pyridine rings is 1. The van der Waals surface area contributed by atoms with Crippen molar-refractivity contribution in [2.75, 3.05) is 11.9 Å². The lowest BCUT2D eigenvalue weighted by Gasteiger charge is -2.39. The molecule has 0 fully saturated rings. The molecule has 0 saturated heterocycles. The Labute approximate surface area is 162 Å². The van der Waals surface area contributed by atoms with Crippen LogP contribution in [0, 0.1) is 22.4 Å². The molecule has 3 rings (SSSR count). The Balaban J connectivity index is 1.95. The van der Waals surface area contributed by atoms with Gasteiger partial charge in [-0.1, -0.05) is 0 Å². The molecule has 1 amide bonds. The number of carbonyl (C=O) groups excluding carboxylic acids is 1. The summed E-state index contributed by atoms with van der Waals surface area (Å²) in [5.74, 6) is -5.47. The number of carbonyl (C=O) groups is 1. The molecule has 1 aromatic heterocycles. The summed E-state index contributed by atoms with van der Waals surface area (Å²) in [4.78, 5) is 15.7. The first-order valence-corrected chi connectivity index (χ1v) is 8.19. The molecule has 1 atom stereocenters.